The normalized spacial score (nSPS) is 11.2. The van der Waals surface area contributed by atoms with Gasteiger partial charge in [0.25, 0.3) is 0 Å². The minimum Gasteiger partial charge on any atom is -0.497 e. The molecule has 1 rings (SSSR count). The molecule has 19 heavy (non-hydrogen) atoms. The van der Waals surface area contributed by atoms with Gasteiger partial charge < -0.3 is 20.5 Å². The van der Waals surface area contributed by atoms with Crippen LogP contribution in [-0.4, -0.2) is 37.8 Å². The molecule has 0 saturated heterocycles. The molecule has 3 N–H and O–H groups in total. The van der Waals surface area contributed by atoms with Gasteiger partial charge in [0.2, 0.25) is 5.91 Å². The quantitative estimate of drug-likeness (QED) is 0.694. The van der Waals surface area contributed by atoms with Crippen LogP contribution in [0, 0.1) is 5.41 Å². The summed E-state index contributed by atoms with van der Waals surface area (Å²) >= 11 is 0. The van der Waals surface area contributed by atoms with Gasteiger partial charge in [-0.3, -0.25) is 4.79 Å². The second-order valence-electron chi connectivity index (χ2n) is 5.21. The molecule has 106 valence electrons. The average molecular weight is 266 g/mol. The highest BCUT2D eigenvalue weighted by Crippen LogP contribution is 2.16. The van der Waals surface area contributed by atoms with Crippen molar-refractivity contribution in [3.8, 4) is 5.75 Å². The van der Waals surface area contributed by atoms with E-state index in [0.29, 0.717) is 18.0 Å². The molecule has 1 aromatic carbocycles. The van der Waals surface area contributed by atoms with Crippen molar-refractivity contribution in [2.45, 2.75) is 13.8 Å². The number of hydrogen-bond acceptors (Lipinski definition) is 4. The molecule has 5 heteroatoms. The topological polar surface area (TPSA) is 70.6 Å². The summed E-state index contributed by atoms with van der Waals surface area (Å²) < 4.78 is 5.08. The third-order valence-corrected chi connectivity index (χ3v) is 2.67. The van der Waals surface area contributed by atoms with E-state index in [-0.39, 0.29) is 24.5 Å². The maximum absolute atomic E-state index is 11.7. The number of hydrogen-bond donors (Lipinski definition) is 3. The van der Waals surface area contributed by atoms with Crippen LogP contribution in [0.15, 0.2) is 24.3 Å². The molecule has 0 aromatic heterocycles. The van der Waals surface area contributed by atoms with E-state index in [1.807, 2.05) is 26.0 Å². The fourth-order valence-corrected chi connectivity index (χ4v) is 1.48. The Morgan fingerprint density at radius 1 is 1.42 bits per heavy atom. The van der Waals surface area contributed by atoms with Crippen LogP contribution in [0.25, 0.3) is 0 Å². The van der Waals surface area contributed by atoms with Crippen LogP contribution in [0.3, 0.4) is 0 Å². The molecular formula is C14H22N2O3. The molecule has 0 saturated carbocycles. The zero-order valence-electron chi connectivity index (χ0n) is 11.7. The van der Waals surface area contributed by atoms with E-state index < -0.39 is 0 Å². The van der Waals surface area contributed by atoms with E-state index in [4.69, 9.17) is 9.84 Å². The molecule has 0 bridgehead atoms. The fraction of sp³-hybridized carbons (Fsp3) is 0.500. The third kappa shape index (κ3) is 5.72. The van der Waals surface area contributed by atoms with E-state index in [2.05, 4.69) is 10.6 Å². The Labute approximate surface area is 114 Å². The zero-order chi connectivity index (χ0) is 14.3. The molecule has 1 aromatic rings. The van der Waals surface area contributed by atoms with Crippen LogP contribution >= 0.6 is 0 Å². The molecule has 5 nitrogen and oxygen atoms in total. The number of rotatable bonds is 7. The number of anilines is 1. The first-order valence-corrected chi connectivity index (χ1v) is 6.22. The predicted octanol–water partition coefficient (Wildman–Crippen LogP) is 1.24. The molecule has 0 fully saturated rings. The molecule has 1 amide bonds. The fourth-order valence-electron chi connectivity index (χ4n) is 1.48. The van der Waals surface area contributed by atoms with Gasteiger partial charge in [-0.1, -0.05) is 19.9 Å². The molecule has 0 heterocycles. The first-order chi connectivity index (χ1) is 8.96. The number of aliphatic hydroxyl groups is 1. The van der Waals surface area contributed by atoms with Crippen LogP contribution in [0.2, 0.25) is 0 Å². The summed E-state index contributed by atoms with van der Waals surface area (Å²) in [5.74, 6) is 0.578. The lowest BCUT2D eigenvalue weighted by atomic mass is 9.95. The van der Waals surface area contributed by atoms with Gasteiger partial charge >= 0.3 is 0 Å². The average Bonchev–Trinajstić information content (AvgIpc) is 2.38. The maximum atomic E-state index is 11.7. The van der Waals surface area contributed by atoms with Crippen LogP contribution in [-0.2, 0) is 4.79 Å². The first kappa shape index (κ1) is 15.5. The second-order valence-corrected chi connectivity index (χ2v) is 5.21. The number of amides is 1. The lowest BCUT2D eigenvalue weighted by Crippen LogP contribution is -2.36. The minimum atomic E-state index is -0.226. The number of methoxy groups -OCH3 is 1. The Bertz CT molecular complexity index is 419. The number of ether oxygens (including phenoxy) is 1. The van der Waals surface area contributed by atoms with Gasteiger partial charge in [0, 0.05) is 30.3 Å². The molecule has 0 spiro atoms. The molecular weight excluding hydrogens is 244 g/mol. The number of benzene rings is 1. The summed E-state index contributed by atoms with van der Waals surface area (Å²) in [6, 6.07) is 7.20. The van der Waals surface area contributed by atoms with Crippen molar-refractivity contribution in [3.05, 3.63) is 24.3 Å². The van der Waals surface area contributed by atoms with E-state index in [1.54, 1.807) is 19.2 Å². The Hall–Kier alpha value is -1.59. The highest BCUT2D eigenvalue weighted by molar-refractivity contribution is 5.92. The number of carbonyl (C=O) groups is 1. The minimum absolute atomic E-state index is 0.0809. The Balaban J connectivity index is 2.39. The molecule has 0 aliphatic heterocycles. The van der Waals surface area contributed by atoms with Crippen LogP contribution in [0.5, 0.6) is 5.75 Å². The Kier molecular flexibility index (Phi) is 5.79. The summed E-state index contributed by atoms with van der Waals surface area (Å²) in [5, 5.41) is 14.9. The van der Waals surface area contributed by atoms with Crippen molar-refractivity contribution in [2.24, 2.45) is 5.41 Å². The number of nitrogens with one attached hydrogen (secondary N) is 2. The first-order valence-electron chi connectivity index (χ1n) is 6.22. The molecule has 0 atom stereocenters. The number of aliphatic hydroxyl groups excluding tert-OH is 1. The van der Waals surface area contributed by atoms with Crippen molar-refractivity contribution in [1.29, 1.82) is 0 Å². The van der Waals surface area contributed by atoms with Gasteiger partial charge in [0.05, 0.1) is 13.7 Å². The standard InChI is InChI=1S/C14H22N2O3/c1-14(2,10-17)9-15-8-13(18)16-11-5-4-6-12(7-11)19-3/h4-7,15,17H,8-10H2,1-3H3,(H,16,18). The Morgan fingerprint density at radius 3 is 2.79 bits per heavy atom. The van der Waals surface area contributed by atoms with E-state index in [1.165, 1.54) is 0 Å². The lowest BCUT2D eigenvalue weighted by molar-refractivity contribution is -0.115. The second kappa shape index (κ2) is 7.11. The van der Waals surface area contributed by atoms with Crippen molar-refractivity contribution in [2.75, 3.05) is 32.1 Å². The largest absolute Gasteiger partial charge is 0.497 e. The van der Waals surface area contributed by atoms with Crippen LogP contribution < -0.4 is 15.4 Å². The third-order valence-electron chi connectivity index (χ3n) is 2.67. The van der Waals surface area contributed by atoms with E-state index >= 15 is 0 Å². The summed E-state index contributed by atoms with van der Waals surface area (Å²) in [6.45, 7) is 4.73. The van der Waals surface area contributed by atoms with Gasteiger partial charge in [-0.25, -0.2) is 0 Å². The predicted molar refractivity (Wildman–Crippen MR) is 75.4 cm³/mol. The van der Waals surface area contributed by atoms with Gasteiger partial charge in [0.1, 0.15) is 5.75 Å². The number of carbonyl (C=O) groups excluding carboxylic acids is 1. The molecule has 0 radical (unpaired) electrons. The summed E-state index contributed by atoms with van der Waals surface area (Å²) in [5.41, 5.74) is 0.476. The van der Waals surface area contributed by atoms with E-state index in [9.17, 15) is 4.79 Å². The van der Waals surface area contributed by atoms with E-state index in [0.717, 1.165) is 0 Å². The van der Waals surface area contributed by atoms with Gasteiger partial charge in [-0.15, -0.1) is 0 Å². The zero-order valence-corrected chi connectivity index (χ0v) is 11.7. The lowest BCUT2D eigenvalue weighted by Gasteiger charge is -2.21. The van der Waals surface area contributed by atoms with Crippen LogP contribution in [0.1, 0.15) is 13.8 Å². The highest BCUT2D eigenvalue weighted by Gasteiger charge is 2.16. The Morgan fingerprint density at radius 2 is 2.16 bits per heavy atom. The summed E-state index contributed by atoms with van der Waals surface area (Å²) in [4.78, 5) is 11.7. The molecule has 0 unspecified atom stereocenters. The smallest absolute Gasteiger partial charge is 0.238 e. The van der Waals surface area contributed by atoms with Gasteiger partial charge in [-0.2, -0.15) is 0 Å². The SMILES string of the molecule is COc1cccc(NC(=O)CNCC(C)(C)CO)c1. The van der Waals surface area contributed by atoms with Crippen molar-refractivity contribution >= 4 is 11.6 Å². The van der Waals surface area contributed by atoms with Gasteiger partial charge in [0.15, 0.2) is 0 Å². The summed E-state index contributed by atoms with van der Waals surface area (Å²) in [6.07, 6.45) is 0. The van der Waals surface area contributed by atoms with Crippen molar-refractivity contribution in [1.82, 2.24) is 5.32 Å². The van der Waals surface area contributed by atoms with Crippen LogP contribution in [0.4, 0.5) is 5.69 Å². The molecule has 0 aliphatic carbocycles. The molecule has 0 aliphatic rings. The van der Waals surface area contributed by atoms with Crippen molar-refractivity contribution < 1.29 is 14.6 Å². The highest BCUT2D eigenvalue weighted by atomic mass is 16.5. The van der Waals surface area contributed by atoms with Crippen molar-refractivity contribution in [3.63, 3.8) is 0 Å². The maximum Gasteiger partial charge on any atom is 0.238 e. The van der Waals surface area contributed by atoms with Gasteiger partial charge in [-0.05, 0) is 12.1 Å². The monoisotopic (exact) mass is 266 g/mol. The summed E-state index contributed by atoms with van der Waals surface area (Å²) in [7, 11) is 1.58.